The maximum absolute atomic E-state index is 13.5. The second kappa shape index (κ2) is 5.79. The summed E-state index contributed by atoms with van der Waals surface area (Å²) in [7, 11) is -4.21. The Kier molecular flexibility index (Phi) is 4.46. The average Bonchev–Trinajstić information content (AvgIpc) is 2.35. The molecule has 0 saturated heterocycles. The van der Waals surface area contributed by atoms with Gasteiger partial charge in [0.1, 0.15) is 16.5 Å². The van der Waals surface area contributed by atoms with Gasteiger partial charge in [-0.1, -0.05) is 15.9 Å². The van der Waals surface area contributed by atoms with Gasteiger partial charge in [0.25, 0.3) is 10.0 Å². The molecule has 20 heavy (non-hydrogen) atoms. The van der Waals surface area contributed by atoms with E-state index in [9.17, 15) is 17.2 Å². The van der Waals surface area contributed by atoms with Crippen LogP contribution in [-0.4, -0.2) is 8.42 Å². The van der Waals surface area contributed by atoms with Crippen LogP contribution in [-0.2, 0) is 10.0 Å². The predicted molar refractivity (Wildman–Crippen MR) is 79.0 cm³/mol. The van der Waals surface area contributed by atoms with Gasteiger partial charge in [-0.3, -0.25) is 4.72 Å². The van der Waals surface area contributed by atoms with E-state index < -0.39 is 26.6 Å². The van der Waals surface area contributed by atoms with Crippen LogP contribution in [0.5, 0.6) is 0 Å². The lowest BCUT2D eigenvalue weighted by Crippen LogP contribution is -2.15. The first-order valence-corrected chi connectivity index (χ1v) is 8.29. The average molecular weight is 427 g/mol. The third kappa shape index (κ3) is 3.36. The van der Waals surface area contributed by atoms with Gasteiger partial charge in [-0.2, -0.15) is 0 Å². The Morgan fingerprint density at radius 3 is 2.35 bits per heavy atom. The van der Waals surface area contributed by atoms with Crippen molar-refractivity contribution in [2.75, 3.05) is 4.72 Å². The van der Waals surface area contributed by atoms with Gasteiger partial charge in [-0.15, -0.1) is 0 Å². The fraction of sp³-hybridized carbons (Fsp3) is 0. The quantitative estimate of drug-likeness (QED) is 0.795. The molecular formula is C12H7Br2F2NO2S. The normalized spacial score (nSPS) is 11.4. The number of rotatable bonds is 3. The van der Waals surface area contributed by atoms with Crippen molar-refractivity contribution in [3.8, 4) is 0 Å². The minimum absolute atomic E-state index is 0.219. The van der Waals surface area contributed by atoms with E-state index >= 15 is 0 Å². The molecule has 0 aliphatic rings. The van der Waals surface area contributed by atoms with Crippen molar-refractivity contribution in [1.29, 1.82) is 0 Å². The molecule has 8 heteroatoms. The van der Waals surface area contributed by atoms with Crippen LogP contribution in [0.25, 0.3) is 0 Å². The summed E-state index contributed by atoms with van der Waals surface area (Å²) in [5.41, 5.74) is 0.219. The third-order valence-corrected chi connectivity index (χ3v) is 4.89. The van der Waals surface area contributed by atoms with E-state index in [2.05, 4.69) is 36.6 Å². The van der Waals surface area contributed by atoms with Crippen LogP contribution in [0.2, 0.25) is 0 Å². The minimum atomic E-state index is -4.21. The Balaban J connectivity index is 2.43. The van der Waals surface area contributed by atoms with E-state index in [0.29, 0.717) is 10.5 Å². The molecule has 0 aliphatic carbocycles. The number of sulfonamides is 1. The largest absolute Gasteiger partial charge is 0.278 e. The van der Waals surface area contributed by atoms with E-state index in [0.717, 1.165) is 16.6 Å². The van der Waals surface area contributed by atoms with E-state index in [1.54, 1.807) is 12.1 Å². The Morgan fingerprint density at radius 1 is 1.00 bits per heavy atom. The summed E-state index contributed by atoms with van der Waals surface area (Å²) in [5, 5.41) is 0. The molecule has 0 heterocycles. The molecule has 0 aliphatic heterocycles. The molecule has 0 saturated carbocycles. The van der Waals surface area contributed by atoms with Crippen molar-refractivity contribution in [3.05, 3.63) is 57.0 Å². The highest BCUT2D eigenvalue weighted by molar-refractivity contribution is 9.11. The second-order valence-electron chi connectivity index (χ2n) is 3.80. The number of hydrogen-bond acceptors (Lipinski definition) is 2. The molecule has 2 aromatic rings. The Hall–Kier alpha value is -0.990. The first-order valence-electron chi connectivity index (χ1n) is 5.22. The van der Waals surface area contributed by atoms with Crippen LogP contribution >= 0.6 is 31.9 Å². The molecule has 106 valence electrons. The van der Waals surface area contributed by atoms with Gasteiger partial charge >= 0.3 is 0 Å². The van der Waals surface area contributed by atoms with Gasteiger partial charge in [0, 0.05) is 8.95 Å². The summed E-state index contributed by atoms with van der Waals surface area (Å²) in [4.78, 5) is -0.743. The zero-order valence-electron chi connectivity index (χ0n) is 9.70. The molecule has 0 unspecified atom stereocenters. The Labute approximate surface area is 131 Å². The lowest BCUT2D eigenvalue weighted by atomic mass is 10.3. The summed E-state index contributed by atoms with van der Waals surface area (Å²) >= 11 is 6.41. The molecule has 0 atom stereocenters. The fourth-order valence-corrected chi connectivity index (χ4v) is 3.90. The number of anilines is 1. The monoisotopic (exact) mass is 425 g/mol. The maximum Gasteiger partial charge on any atom is 0.264 e. The molecule has 2 rings (SSSR count). The molecule has 0 fully saturated rings. The smallest absolute Gasteiger partial charge is 0.264 e. The van der Waals surface area contributed by atoms with E-state index in [4.69, 9.17) is 0 Å². The van der Waals surface area contributed by atoms with Crippen molar-refractivity contribution in [1.82, 2.24) is 0 Å². The van der Waals surface area contributed by atoms with Crippen LogP contribution in [0.15, 0.2) is 50.2 Å². The van der Waals surface area contributed by atoms with Gasteiger partial charge in [0.15, 0.2) is 0 Å². The molecular weight excluding hydrogens is 420 g/mol. The maximum atomic E-state index is 13.5. The summed E-state index contributed by atoms with van der Waals surface area (Å²) in [5.74, 6) is -1.85. The Bertz CT molecular complexity index is 766. The highest BCUT2D eigenvalue weighted by Crippen LogP contribution is 2.28. The van der Waals surface area contributed by atoms with Crippen molar-refractivity contribution in [2.24, 2.45) is 0 Å². The zero-order valence-corrected chi connectivity index (χ0v) is 13.7. The highest BCUT2D eigenvalue weighted by Gasteiger charge is 2.21. The SMILES string of the molecule is O=S(=O)(Nc1ccc(Br)cc1Br)c1cc(F)ccc1F. The molecule has 1 N–H and O–H groups in total. The van der Waals surface area contributed by atoms with Gasteiger partial charge in [-0.05, 0) is 52.3 Å². The van der Waals surface area contributed by atoms with E-state index in [-0.39, 0.29) is 5.69 Å². The van der Waals surface area contributed by atoms with Gasteiger partial charge < -0.3 is 0 Å². The molecule has 0 aromatic heterocycles. The molecule has 0 spiro atoms. The Morgan fingerprint density at radius 2 is 1.70 bits per heavy atom. The minimum Gasteiger partial charge on any atom is -0.278 e. The number of halogens is 4. The first kappa shape index (κ1) is 15.4. The zero-order chi connectivity index (χ0) is 14.9. The molecule has 2 aromatic carbocycles. The van der Waals surface area contributed by atoms with Crippen LogP contribution in [0.3, 0.4) is 0 Å². The van der Waals surface area contributed by atoms with Crippen molar-refractivity contribution >= 4 is 47.6 Å². The van der Waals surface area contributed by atoms with Crippen LogP contribution in [0.1, 0.15) is 0 Å². The fourth-order valence-electron chi connectivity index (χ4n) is 1.46. The lowest BCUT2D eigenvalue weighted by Gasteiger charge is -2.10. The topological polar surface area (TPSA) is 46.2 Å². The van der Waals surface area contributed by atoms with Crippen LogP contribution < -0.4 is 4.72 Å². The summed E-state index contributed by atoms with van der Waals surface area (Å²) in [6.07, 6.45) is 0. The van der Waals surface area contributed by atoms with Crippen molar-refractivity contribution < 1.29 is 17.2 Å². The van der Waals surface area contributed by atoms with Crippen LogP contribution in [0.4, 0.5) is 14.5 Å². The van der Waals surface area contributed by atoms with E-state index in [1.807, 2.05) is 0 Å². The van der Waals surface area contributed by atoms with Crippen molar-refractivity contribution in [2.45, 2.75) is 4.90 Å². The highest BCUT2D eigenvalue weighted by atomic mass is 79.9. The number of nitrogens with one attached hydrogen (secondary N) is 1. The summed E-state index contributed by atoms with van der Waals surface area (Å²) < 4.78 is 54.1. The molecule has 3 nitrogen and oxygen atoms in total. The van der Waals surface area contributed by atoms with Crippen molar-refractivity contribution in [3.63, 3.8) is 0 Å². The number of benzene rings is 2. The molecule has 0 radical (unpaired) electrons. The second-order valence-corrected chi connectivity index (χ2v) is 7.23. The molecule has 0 bridgehead atoms. The standard InChI is InChI=1S/C12H7Br2F2NO2S/c13-7-1-4-11(9(14)5-7)17-20(18,19)12-6-8(15)2-3-10(12)16/h1-6,17H. The number of hydrogen-bond donors (Lipinski definition) is 1. The van der Waals surface area contributed by atoms with Crippen LogP contribution in [0, 0.1) is 11.6 Å². The molecule has 0 amide bonds. The van der Waals surface area contributed by atoms with Gasteiger partial charge in [0.05, 0.1) is 5.69 Å². The summed E-state index contributed by atoms with van der Waals surface area (Å²) in [6.45, 7) is 0. The van der Waals surface area contributed by atoms with Gasteiger partial charge in [-0.25, -0.2) is 17.2 Å². The predicted octanol–water partition coefficient (Wildman–Crippen LogP) is 4.29. The first-order chi connectivity index (χ1) is 9.29. The summed E-state index contributed by atoms with van der Waals surface area (Å²) in [6, 6.07) is 6.97. The van der Waals surface area contributed by atoms with Gasteiger partial charge in [0.2, 0.25) is 0 Å². The van der Waals surface area contributed by atoms with E-state index in [1.165, 1.54) is 6.07 Å². The third-order valence-electron chi connectivity index (χ3n) is 2.36. The lowest BCUT2D eigenvalue weighted by molar-refractivity contribution is 0.555.